The van der Waals surface area contributed by atoms with Gasteiger partial charge in [-0.15, -0.1) is 0 Å². The van der Waals surface area contributed by atoms with Crippen LogP contribution in [0.3, 0.4) is 0 Å². The zero-order valence-electron chi connectivity index (χ0n) is 62.9. The number of quaternary nitrogens is 1. The van der Waals surface area contributed by atoms with Gasteiger partial charge < -0.3 is 28.5 Å². The van der Waals surface area contributed by atoms with Crippen molar-refractivity contribution >= 4 is 17.9 Å². The largest absolute Gasteiger partial charge is 0.477 e. The zero-order chi connectivity index (χ0) is 68.2. The van der Waals surface area contributed by atoms with Gasteiger partial charge in [0.25, 0.3) is 6.29 Å². The minimum absolute atomic E-state index is 0.177. The highest BCUT2D eigenvalue weighted by molar-refractivity contribution is 5.71. The Kier molecular flexibility index (Phi) is 72.9. The zero-order valence-corrected chi connectivity index (χ0v) is 62.9. The SMILES string of the molecule is CC/C=C\C/C=C\C/C=C\C/C=C\C/C=C\C/C=C\CCCCCCCCCCCCCCCCCCCCC(=O)OC(COC(=O)CCCCCCCCCCCCCCCCCCCCCCCCCCCCCCCCCC)COC(OCC[N+](C)(C)C)C(=O)O. The summed E-state index contributed by atoms with van der Waals surface area (Å²) in [7, 11) is 6.00. The Labute approximate surface area is 583 Å². The Morgan fingerprint density at radius 2 is 0.606 bits per heavy atom. The second kappa shape index (κ2) is 75.5. The molecule has 0 fully saturated rings. The van der Waals surface area contributed by atoms with E-state index in [0.29, 0.717) is 17.4 Å². The van der Waals surface area contributed by atoms with E-state index in [1.165, 1.54) is 289 Å². The van der Waals surface area contributed by atoms with Gasteiger partial charge in [-0.3, -0.25) is 9.59 Å². The van der Waals surface area contributed by atoms with Gasteiger partial charge in [-0.05, 0) is 64.2 Å². The van der Waals surface area contributed by atoms with E-state index < -0.39 is 18.4 Å². The molecule has 0 radical (unpaired) electrons. The standard InChI is InChI=1S/C85H155NO8/c1-6-8-10-12-14-16-18-20-22-24-26-28-30-32-34-36-38-40-41-42-43-44-46-48-50-52-54-56-58-60-62-64-66-68-70-72-74-76-83(88)94-81(80-93-85(84(89)90)91-78-77-86(3,4)5)79-92-82(87)75-73-71-69-67-65-63-61-59-57-55-53-51-49-47-45-39-37-35-33-31-29-27-25-23-21-19-17-15-13-11-9-7-2/h8,10,14,16,20,22,26,28,32,34,38,40,81,85H,6-7,9,11-13,15,17-19,21,23-25,27,29-31,33,35-37,39,41-80H2,1-5H3/p+1/b10-8-,16-14-,22-20-,28-26-,34-32-,40-38-. The third kappa shape index (κ3) is 76.1. The van der Waals surface area contributed by atoms with E-state index in [4.69, 9.17) is 18.9 Å². The van der Waals surface area contributed by atoms with E-state index in [9.17, 15) is 19.5 Å². The minimum Gasteiger partial charge on any atom is -0.477 e. The van der Waals surface area contributed by atoms with Crippen molar-refractivity contribution in [3.8, 4) is 0 Å². The fourth-order valence-corrected chi connectivity index (χ4v) is 12.1. The van der Waals surface area contributed by atoms with Crippen LogP contribution in [-0.2, 0) is 33.3 Å². The van der Waals surface area contributed by atoms with Crippen LogP contribution in [0.15, 0.2) is 72.9 Å². The predicted octanol–water partition coefficient (Wildman–Crippen LogP) is 26.0. The van der Waals surface area contributed by atoms with Gasteiger partial charge in [-0.2, -0.15) is 0 Å². The molecule has 0 aliphatic rings. The number of ether oxygens (including phenoxy) is 4. The van der Waals surface area contributed by atoms with Gasteiger partial charge in [0, 0.05) is 12.8 Å². The first-order valence-corrected chi connectivity index (χ1v) is 40.6. The molecule has 0 spiro atoms. The van der Waals surface area contributed by atoms with Crippen LogP contribution in [0.1, 0.15) is 393 Å². The fraction of sp³-hybridized carbons (Fsp3) is 0.824. The van der Waals surface area contributed by atoms with E-state index in [1.54, 1.807) is 0 Å². The summed E-state index contributed by atoms with van der Waals surface area (Å²) in [6.07, 6.45) is 99.2. The number of hydrogen-bond acceptors (Lipinski definition) is 7. The Morgan fingerprint density at radius 1 is 0.330 bits per heavy atom. The van der Waals surface area contributed by atoms with Crippen molar-refractivity contribution in [2.75, 3.05) is 47.5 Å². The molecule has 0 saturated heterocycles. The monoisotopic (exact) mass is 1320 g/mol. The molecule has 0 aromatic heterocycles. The number of aliphatic carboxylic acids is 1. The van der Waals surface area contributed by atoms with Gasteiger partial charge in [-0.1, -0.05) is 389 Å². The Balaban J connectivity index is 3.98. The van der Waals surface area contributed by atoms with Crippen molar-refractivity contribution < 1.29 is 42.9 Å². The number of unbranched alkanes of at least 4 members (excludes halogenated alkanes) is 49. The molecule has 0 aliphatic carbocycles. The number of esters is 2. The summed E-state index contributed by atoms with van der Waals surface area (Å²) in [4.78, 5) is 37.8. The highest BCUT2D eigenvalue weighted by atomic mass is 16.7. The van der Waals surface area contributed by atoms with Crippen LogP contribution in [0.2, 0.25) is 0 Å². The first kappa shape index (κ1) is 90.7. The maximum absolute atomic E-state index is 13.0. The van der Waals surface area contributed by atoms with Gasteiger partial charge in [0.2, 0.25) is 0 Å². The molecule has 1 N–H and O–H groups in total. The number of allylic oxidation sites excluding steroid dienone is 12. The van der Waals surface area contributed by atoms with E-state index in [2.05, 4.69) is 86.8 Å². The van der Waals surface area contributed by atoms with Gasteiger partial charge in [-0.25, -0.2) is 4.79 Å². The van der Waals surface area contributed by atoms with Crippen LogP contribution in [0.5, 0.6) is 0 Å². The predicted molar refractivity (Wildman–Crippen MR) is 406 cm³/mol. The van der Waals surface area contributed by atoms with E-state index in [1.807, 2.05) is 21.1 Å². The minimum atomic E-state index is -1.51. The van der Waals surface area contributed by atoms with Gasteiger partial charge in [0.05, 0.1) is 34.4 Å². The summed E-state index contributed by atoms with van der Waals surface area (Å²) in [5.41, 5.74) is 0. The Bertz CT molecular complexity index is 1780. The van der Waals surface area contributed by atoms with Crippen molar-refractivity contribution in [3.05, 3.63) is 72.9 Å². The molecule has 548 valence electrons. The third-order valence-corrected chi connectivity index (χ3v) is 18.2. The molecule has 0 heterocycles. The van der Waals surface area contributed by atoms with Crippen molar-refractivity contribution in [2.24, 2.45) is 0 Å². The van der Waals surface area contributed by atoms with Crippen molar-refractivity contribution in [3.63, 3.8) is 0 Å². The summed E-state index contributed by atoms with van der Waals surface area (Å²) in [6.45, 7) is 4.83. The molecule has 0 aliphatic heterocycles. The molecule has 9 heteroatoms. The van der Waals surface area contributed by atoms with E-state index in [-0.39, 0.29) is 38.2 Å². The number of carbonyl (C=O) groups excluding carboxylic acids is 2. The quantitative estimate of drug-likeness (QED) is 0.0211. The number of carboxylic acid groups (broad SMARTS) is 1. The first-order valence-electron chi connectivity index (χ1n) is 40.6. The maximum atomic E-state index is 13.0. The molecular formula is C85H156NO8+. The van der Waals surface area contributed by atoms with Crippen LogP contribution >= 0.6 is 0 Å². The van der Waals surface area contributed by atoms with Crippen molar-refractivity contribution in [2.45, 2.75) is 405 Å². The number of likely N-dealkylation sites (N-methyl/N-ethyl adjacent to an activating group) is 1. The maximum Gasteiger partial charge on any atom is 0.361 e. The molecule has 2 unspecified atom stereocenters. The molecule has 0 aromatic rings. The van der Waals surface area contributed by atoms with Gasteiger partial charge in [0.15, 0.2) is 6.10 Å². The Hall–Kier alpha value is -3.27. The van der Waals surface area contributed by atoms with E-state index in [0.717, 1.165) is 77.0 Å². The summed E-state index contributed by atoms with van der Waals surface area (Å²) >= 11 is 0. The lowest BCUT2D eigenvalue weighted by atomic mass is 10.0. The summed E-state index contributed by atoms with van der Waals surface area (Å²) in [5.74, 6) is -1.98. The second-order valence-electron chi connectivity index (χ2n) is 28.7. The van der Waals surface area contributed by atoms with Crippen LogP contribution in [0.4, 0.5) is 0 Å². The Morgan fingerprint density at radius 3 is 0.904 bits per heavy atom. The number of carbonyl (C=O) groups is 3. The van der Waals surface area contributed by atoms with Gasteiger partial charge in [0.1, 0.15) is 13.2 Å². The summed E-state index contributed by atoms with van der Waals surface area (Å²) in [6, 6.07) is 0. The van der Waals surface area contributed by atoms with Crippen LogP contribution in [0, 0.1) is 0 Å². The molecule has 94 heavy (non-hydrogen) atoms. The lowest BCUT2D eigenvalue weighted by Gasteiger charge is -2.25. The lowest BCUT2D eigenvalue weighted by Crippen LogP contribution is -2.40. The molecule has 9 nitrogen and oxygen atoms in total. The first-order chi connectivity index (χ1) is 46.1. The number of nitrogens with zero attached hydrogens (tertiary/aromatic N) is 1. The molecular weight excluding hydrogens is 1160 g/mol. The number of rotatable bonds is 76. The average molecular weight is 1320 g/mol. The van der Waals surface area contributed by atoms with Crippen LogP contribution in [-0.4, -0.2) is 87.4 Å². The number of carboxylic acids is 1. The average Bonchev–Trinajstić information content (AvgIpc) is 3.75. The molecule has 0 amide bonds. The van der Waals surface area contributed by atoms with Crippen molar-refractivity contribution in [1.82, 2.24) is 0 Å². The summed E-state index contributed by atoms with van der Waals surface area (Å²) < 4.78 is 23.1. The second-order valence-corrected chi connectivity index (χ2v) is 28.7. The van der Waals surface area contributed by atoms with Crippen molar-refractivity contribution in [1.29, 1.82) is 0 Å². The fourth-order valence-electron chi connectivity index (χ4n) is 12.1. The van der Waals surface area contributed by atoms with Gasteiger partial charge >= 0.3 is 17.9 Å². The molecule has 2 atom stereocenters. The highest BCUT2D eigenvalue weighted by Crippen LogP contribution is 2.20. The number of hydrogen-bond donors (Lipinski definition) is 1. The summed E-state index contributed by atoms with van der Waals surface area (Å²) in [5, 5.41) is 9.78. The van der Waals surface area contributed by atoms with Crippen LogP contribution < -0.4 is 0 Å². The highest BCUT2D eigenvalue weighted by Gasteiger charge is 2.25. The third-order valence-electron chi connectivity index (χ3n) is 18.2. The molecule has 0 bridgehead atoms. The normalized spacial score (nSPS) is 13.0. The molecule has 0 aromatic carbocycles. The van der Waals surface area contributed by atoms with Crippen LogP contribution in [0.25, 0.3) is 0 Å². The molecule has 0 saturated carbocycles. The topological polar surface area (TPSA) is 108 Å². The lowest BCUT2D eigenvalue weighted by molar-refractivity contribution is -0.870. The smallest absolute Gasteiger partial charge is 0.361 e. The molecule has 0 rings (SSSR count). The van der Waals surface area contributed by atoms with E-state index >= 15 is 0 Å².